The first-order valence-electron chi connectivity index (χ1n) is 7.16. The minimum Gasteiger partial charge on any atom is -0.475 e. The van der Waals surface area contributed by atoms with Gasteiger partial charge in [0.05, 0.1) is 6.10 Å². The Labute approximate surface area is 120 Å². The third-order valence-corrected chi connectivity index (χ3v) is 3.08. The van der Waals surface area contributed by atoms with Crippen LogP contribution in [0.1, 0.15) is 32.0 Å². The molecule has 2 aromatic heterocycles. The molecule has 20 heavy (non-hydrogen) atoms. The molecule has 4 heteroatoms. The van der Waals surface area contributed by atoms with Crippen molar-refractivity contribution in [3.63, 3.8) is 0 Å². The largest absolute Gasteiger partial charge is 0.475 e. The van der Waals surface area contributed by atoms with Gasteiger partial charge in [-0.05, 0) is 39.0 Å². The molecule has 0 saturated heterocycles. The zero-order valence-corrected chi connectivity index (χ0v) is 12.5. The van der Waals surface area contributed by atoms with Crippen LogP contribution in [0.15, 0.2) is 36.7 Å². The van der Waals surface area contributed by atoms with Gasteiger partial charge in [-0.15, -0.1) is 0 Å². The van der Waals surface area contributed by atoms with Crippen LogP contribution in [0.3, 0.4) is 0 Å². The van der Waals surface area contributed by atoms with Gasteiger partial charge in [-0.2, -0.15) is 0 Å². The Morgan fingerprint density at radius 1 is 1.25 bits per heavy atom. The van der Waals surface area contributed by atoms with Gasteiger partial charge >= 0.3 is 0 Å². The van der Waals surface area contributed by atoms with E-state index in [9.17, 15) is 0 Å². The van der Waals surface area contributed by atoms with E-state index in [-0.39, 0.29) is 6.10 Å². The average molecular weight is 273 g/mol. The first kappa shape index (κ1) is 14.6. The van der Waals surface area contributed by atoms with E-state index in [0.29, 0.717) is 0 Å². The molecular formula is C16H23N3O. The maximum Gasteiger partial charge on any atom is 0.218 e. The van der Waals surface area contributed by atoms with Gasteiger partial charge in [0.1, 0.15) is 0 Å². The third-order valence-electron chi connectivity index (χ3n) is 3.08. The van der Waals surface area contributed by atoms with E-state index < -0.39 is 0 Å². The number of pyridine rings is 1. The summed E-state index contributed by atoms with van der Waals surface area (Å²) in [5.74, 6) is 0.723. The van der Waals surface area contributed by atoms with Gasteiger partial charge in [-0.25, -0.2) is 4.98 Å². The number of nitrogens with zero attached hydrogens (tertiary/aromatic N) is 2. The molecular weight excluding hydrogens is 250 g/mol. The highest BCUT2D eigenvalue weighted by Gasteiger charge is 2.06. The average Bonchev–Trinajstić information content (AvgIpc) is 2.87. The molecule has 0 bridgehead atoms. The number of aryl methyl sites for hydroxylation is 1. The number of ether oxygens (including phenoxy) is 1. The predicted octanol–water partition coefficient (Wildman–Crippen LogP) is 2.98. The smallest absolute Gasteiger partial charge is 0.218 e. The van der Waals surface area contributed by atoms with Gasteiger partial charge in [0.2, 0.25) is 5.88 Å². The van der Waals surface area contributed by atoms with Crippen molar-refractivity contribution < 1.29 is 4.74 Å². The van der Waals surface area contributed by atoms with E-state index in [0.717, 1.165) is 31.1 Å². The fraction of sp³-hybridized carbons (Fsp3) is 0.438. The van der Waals surface area contributed by atoms with E-state index >= 15 is 0 Å². The summed E-state index contributed by atoms with van der Waals surface area (Å²) in [7, 11) is 0. The molecule has 0 aromatic carbocycles. The molecule has 4 nitrogen and oxygen atoms in total. The van der Waals surface area contributed by atoms with E-state index in [4.69, 9.17) is 4.74 Å². The van der Waals surface area contributed by atoms with E-state index in [2.05, 4.69) is 46.2 Å². The number of hydrogen-bond donors (Lipinski definition) is 1. The molecule has 0 aliphatic heterocycles. The number of aromatic nitrogens is 2. The molecule has 0 radical (unpaired) electrons. The Bertz CT molecular complexity index is 534. The van der Waals surface area contributed by atoms with Crippen LogP contribution in [0.5, 0.6) is 5.88 Å². The fourth-order valence-electron chi connectivity index (χ4n) is 2.13. The molecule has 0 aliphatic carbocycles. The molecule has 0 fully saturated rings. The fourth-order valence-corrected chi connectivity index (χ4v) is 2.13. The van der Waals surface area contributed by atoms with Crippen LogP contribution >= 0.6 is 0 Å². The van der Waals surface area contributed by atoms with Crippen molar-refractivity contribution in [1.82, 2.24) is 14.9 Å². The second-order valence-electron chi connectivity index (χ2n) is 5.02. The second kappa shape index (κ2) is 7.10. The maximum atomic E-state index is 5.72. The van der Waals surface area contributed by atoms with Crippen LogP contribution in [0.4, 0.5) is 0 Å². The summed E-state index contributed by atoms with van der Waals surface area (Å²) in [4.78, 5) is 4.30. The first-order valence-corrected chi connectivity index (χ1v) is 7.16. The zero-order chi connectivity index (χ0) is 14.4. The highest BCUT2D eigenvalue weighted by Crippen LogP contribution is 2.15. The van der Waals surface area contributed by atoms with Gasteiger partial charge < -0.3 is 14.6 Å². The van der Waals surface area contributed by atoms with Crippen LogP contribution in [-0.2, 0) is 19.6 Å². The molecule has 0 saturated carbocycles. The van der Waals surface area contributed by atoms with Gasteiger partial charge in [-0.3, -0.25) is 0 Å². The summed E-state index contributed by atoms with van der Waals surface area (Å²) in [6, 6.07) is 8.22. The number of rotatable bonds is 7. The van der Waals surface area contributed by atoms with E-state index in [1.54, 1.807) is 6.20 Å². The Morgan fingerprint density at radius 2 is 2.10 bits per heavy atom. The lowest BCUT2D eigenvalue weighted by molar-refractivity contribution is 0.229. The predicted molar refractivity (Wildman–Crippen MR) is 80.7 cm³/mol. The third kappa shape index (κ3) is 3.84. The highest BCUT2D eigenvalue weighted by atomic mass is 16.5. The molecule has 108 valence electrons. The van der Waals surface area contributed by atoms with Crippen LogP contribution in [-0.4, -0.2) is 15.7 Å². The minimum absolute atomic E-state index is 0.140. The van der Waals surface area contributed by atoms with Crippen LogP contribution in [0.25, 0.3) is 0 Å². The van der Waals surface area contributed by atoms with E-state index in [1.165, 1.54) is 5.69 Å². The molecule has 0 aliphatic rings. The summed E-state index contributed by atoms with van der Waals surface area (Å²) in [5.41, 5.74) is 2.39. The Balaban J connectivity index is 1.94. The lowest BCUT2D eigenvalue weighted by Crippen LogP contribution is -2.17. The molecule has 2 heterocycles. The van der Waals surface area contributed by atoms with Crippen molar-refractivity contribution in [2.75, 3.05) is 0 Å². The minimum atomic E-state index is 0.140. The van der Waals surface area contributed by atoms with Gasteiger partial charge in [-0.1, -0.05) is 6.07 Å². The maximum absolute atomic E-state index is 5.72. The molecule has 2 aromatic rings. The first-order chi connectivity index (χ1) is 9.70. The summed E-state index contributed by atoms with van der Waals surface area (Å²) in [6.45, 7) is 8.78. The van der Waals surface area contributed by atoms with Crippen LogP contribution < -0.4 is 10.1 Å². The zero-order valence-electron chi connectivity index (χ0n) is 12.5. The Hall–Kier alpha value is -1.81. The topological polar surface area (TPSA) is 39.1 Å². The quantitative estimate of drug-likeness (QED) is 0.843. The van der Waals surface area contributed by atoms with E-state index in [1.807, 2.05) is 19.9 Å². The number of hydrogen-bond acceptors (Lipinski definition) is 3. The standard InChI is InChI=1S/C16H23N3O/c1-4-19-10-6-8-15(19)12-17-11-14-7-5-9-18-16(14)20-13(2)3/h5-10,13,17H,4,11-12H2,1-3H3. The summed E-state index contributed by atoms with van der Waals surface area (Å²) >= 11 is 0. The SMILES string of the molecule is CCn1cccc1CNCc1cccnc1OC(C)C. The van der Waals surface area contributed by atoms with Crippen LogP contribution in [0, 0.1) is 0 Å². The Kier molecular flexibility index (Phi) is 5.18. The van der Waals surface area contributed by atoms with Crippen molar-refractivity contribution in [2.45, 2.75) is 46.5 Å². The van der Waals surface area contributed by atoms with Crippen molar-refractivity contribution in [2.24, 2.45) is 0 Å². The van der Waals surface area contributed by atoms with Crippen molar-refractivity contribution in [3.05, 3.63) is 47.9 Å². The molecule has 1 N–H and O–H groups in total. The van der Waals surface area contributed by atoms with Crippen LogP contribution in [0.2, 0.25) is 0 Å². The normalized spacial score (nSPS) is 11.0. The monoisotopic (exact) mass is 273 g/mol. The van der Waals surface area contributed by atoms with Gasteiger partial charge in [0, 0.05) is 43.3 Å². The van der Waals surface area contributed by atoms with Crippen molar-refractivity contribution in [3.8, 4) is 5.88 Å². The highest BCUT2D eigenvalue weighted by molar-refractivity contribution is 5.25. The molecule has 0 amide bonds. The molecule has 0 atom stereocenters. The Morgan fingerprint density at radius 3 is 2.85 bits per heavy atom. The summed E-state index contributed by atoms with van der Waals surface area (Å²) in [6.07, 6.45) is 4.01. The summed E-state index contributed by atoms with van der Waals surface area (Å²) in [5, 5.41) is 3.45. The lowest BCUT2D eigenvalue weighted by Gasteiger charge is -2.13. The van der Waals surface area contributed by atoms with Gasteiger partial charge in [0.15, 0.2) is 0 Å². The lowest BCUT2D eigenvalue weighted by atomic mass is 10.2. The van der Waals surface area contributed by atoms with Crippen molar-refractivity contribution in [1.29, 1.82) is 0 Å². The second-order valence-corrected chi connectivity index (χ2v) is 5.02. The molecule has 0 unspecified atom stereocenters. The van der Waals surface area contributed by atoms with Crippen molar-refractivity contribution >= 4 is 0 Å². The molecule has 0 spiro atoms. The molecule has 2 rings (SSSR count). The number of nitrogens with one attached hydrogen (secondary N) is 1. The van der Waals surface area contributed by atoms with Gasteiger partial charge in [0.25, 0.3) is 0 Å². The summed E-state index contributed by atoms with van der Waals surface area (Å²) < 4.78 is 7.96.